The van der Waals surface area contributed by atoms with Gasteiger partial charge in [-0.05, 0) is 41.3 Å². The summed E-state index contributed by atoms with van der Waals surface area (Å²) in [7, 11) is 0. The van der Waals surface area contributed by atoms with Crippen molar-refractivity contribution in [3.8, 4) is 0 Å². The normalized spacial score (nSPS) is 19.9. The summed E-state index contributed by atoms with van der Waals surface area (Å²) in [6, 6.07) is 2.18. The van der Waals surface area contributed by atoms with Crippen molar-refractivity contribution in [2.75, 3.05) is 0 Å². The van der Waals surface area contributed by atoms with Crippen molar-refractivity contribution in [2.24, 2.45) is 5.92 Å². The average Bonchev–Trinajstić information content (AvgIpc) is 2.59. The monoisotopic (exact) mass is 320 g/mol. The number of alkyl halides is 1. The molecule has 3 heteroatoms. The highest BCUT2D eigenvalue weighted by atomic mass is 79.9. The Bertz CT molecular complexity index is 342. The SMILES string of the molecule is Cc1cc(Br)c(C(Cl)CC2CCCCC2)s1. The molecule has 1 atom stereocenters. The first-order valence-corrected chi connectivity index (χ1v) is 8.11. The molecule has 2 rings (SSSR count). The summed E-state index contributed by atoms with van der Waals surface area (Å²) in [5.41, 5.74) is 0. The van der Waals surface area contributed by atoms with Crippen molar-refractivity contribution >= 4 is 38.9 Å². The summed E-state index contributed by atoms with van der Waals surface area (Å²) in [4.78, 5) is 2.67. The third kappa shape index (κ3) is 3.24. The summed E-state index contributed by atoms with van der Waals surface area (Å²) < 4.78 is 1.20. The molecule has 0 radical (unpaired) electrons. The first-order valence-electron chi connectivity index (χ1n) is 6.06. The number of thiophene rings is 1. The van der Waals surface area contributed by atoms with Crippen molar-refractivity contribution in [2.45, 2.75) is 50.8 Å². The van der Waals surface area contributed by atoms with Crippen molar-refractivity contribution in [3.05, 3.63) is 20.3 Å². The fraction of sp³-hybridized carbons (Fsp3) is 0.692. The van der Waals surface area contributed by atoms with Gasteiger partial charge in [0.15, 0.2) is 0 Å². The average molecular weight is 322 g/mol. The summed E-state index contributed by atoms with van der Waals surface area (Å²) in [5.74, 6) is 0.852. The number of hydrogen-bond donors (Lipinski definition) is 0. The van der Waals surface area contributed by atoms with Gasteiger partial charge in [-0.3, -0.25) is 0 Å². The second-order valence-electron chi connectivity index (χ2n) is 4.78. The smallest absolute Gasteiger partial charge is 0.0692 e. The van der Waals surface area contributed by atoms with Gasteiger partial charge < -0.3 is 0 Å². The lowest BCUT2D eigenvalue weighted by atomic mass is 9.86. The molecule has 1 aliphatic rings. The predicted molar refractivity (Wildman–Crippen MR) is 76.5 cm³/mol. The van der Waals surface area contributed by atoms with E-state index in [-0.39, 0.29) is 5.38 Å². The van der Waals surface area contributed by atoms with Gasteiger partial charge in [-0.15, -0.1) is 22.9 Å². The molecule has 1 heterocycles. The molecule has 16 heavy (non-hydrogen) atoms. The molecule has 0 saturated heterocycles. The quantitative estimate of drug-likeness (QED) is 0.593. The molecule has 1 aliphatic carbocycles. The second kappa shape index (κ2) is 5.88. The topological polar surface area (TPSA) is 0 Å². The third-order valence-corrected chi connectivity index (χ3v) is 5.99. The molecule has 1 aromatic heterocycles. The minimum Gasteiger partial charge on any atom is -0.143 e. The van der Waals surface area contributed by atoms with Crippen LogP contribution in [0.2, 0.25) is 0 Å². The molecule has 0 aromatic carbocycles. The highest BCUT2D eigenvalue weighted by Gasteiger charge is 2.21. The molecule has 1 saturated carbocycles. The number of hydrogen-bond acceptors (Lipinski definition) is 1. The summed E-state index contributed by atoms with van der Waals surface area (Å²) in [6.45, 7) is 2.14. The molecule has 1 unspecified atom stereocenters. The van der Waals surface area contributed by atoms with Crippen LogP contribution in [-0.2, 0) is 0 Å². The van der Waals surface area contributed by atoms with Gasteiger partial charge in [0.1, 0.15) is 0 Å². The lowest BCUT2D eigenvalue weighted by Crippen LogP contribution is -2.08. The third-order valence-electron chi connectivity index (χ3n) is 3.39. The number of aryl methyl sites for hydroxylation is 1. The Kier molecular flexibility index (Phi) is 4.75. The van der Waals surface area contributed by atoms with E-state index in [1.54, 1.807) is 0 Å². The zero-order chi connectivity index (χ0) is 11.5. The minimum absolute atomic E-state index is 0.205. The van der Waals surface area contributed by atoms with Gasteiger partial charge in [0.05, 0.1) is 5.38 Å². The Hall–Kier alpha value is 0.470. The van der Waals surface area contributed by atoms with Gasteiger partial charge in [0.25, 0.3) is 0 Å². The maximum Gasteiger partial charge on any atom is 0.0692 e. The van der Waals surface area contributed by atoms with E-state index in [9.17, 15) is 0 Å². The number of rotatable bonds is 3. The Morgan fingerprint density at radius 1 is 1.44 bits per heavy atom. The first-order chi connectivity index (χ1) is 7.66. The summed E-state index contributed by atoms with van der Waals surface area (Å²) >= 11 is 12.0. The van der Waals surface area contributed by atoms with Crippen molar-refractivity contribution in [1.82, 2.24) is 0 Å². The predicted octanol–water partition coefficient (Wildman–Crippen LogP) is 6.07. The van der Waals surface area contributed by atoms with Crippen molar-refractivity contribution < 1.29 is 0 Å². The molecule has 0 amide bonds. The van der Waals surface area contributed by atoms with E-state index in [2.05, 4.69) is 28.9 Å². The van der Waals surface area contributed by atoms with E-state index in [1.807, 2.05) is 11.3 Å². The summed E-state index contributed by atoms with van der Waals surface area (Å²) in [5, 5.41) is 0.205. The first kappa shape index (κ1) is 12.9. The maximum absolute atomic E-state index is 6.54. The highest BCUT2D eigenvalue weighted by molar-refractivity contribution is 9.10. The lowest BCUT2D eigenvalue weighted by Gasteiger charge is -2.23. The largest absolute Gasteiger partial charge is 0.143 e. The molecule has 0 nitrogen and oxygen atoms in total. The van der Waals surface area contributed by atoms with E-state index < -0.39 is 0 Å². The minimum atomic E-state index is 0.205. The van der Waals surface area contributed by atoms with Crippen LogP contribution in [0.3, 0.4) is 0 Å². The van der Waals surface area contributed by atoms with Crippen LogP contribution < -0.4 is 0 Å². The molecule has 90 valence electrons. The van der Waals surface area contributed by atoms with Crippen LogP contribution >= 0.6 is 38.9 Å². The van der Waals surface area contributed by atoms with Crippen LogP contribution in [0.25, 0.3) is 0 Å². The highest BCUT2D eigenvalue weighted by Crippen LogP contribution is 2.41. The Morgan fingerprint density at radius 2 is 2.12 bits per heavy atom. The van der Waals surface area contributed by atoms with Gasteiger partial charge in [-0.25, -0.2) is 0 Å². The van der Waals surface area contributed by atoms with Crippen molar-refractivity contribution in [3.63, 3.8) is 0 Å². The van der Waals surface area contributed by atoms with E-state index in [0.29, 0.717) is 0 Å². The van der Waals surface area contributed by atoms with Gasteiger partial charge in [0.2, 0.25) is 0 Å². The van der Waals surface area contributed by atoms with Crippen LogP contribution in [-0.4, -0.2) is 0 Å². The fourth-order valence-corrected chi connectivity index (χ4v) is 5.09. The molecule has 1 fully saturated rings. The Balaban J connectivity index is 1.96. The fourth-order valence-electron chi connectivity index (χ4n) is 2.54. The van der Waals surface area contributed by atoms with E-state index in [4.69, 9.17) is 11.6 Å². The maximum atomic E-state index is 6.54. The molecule has 0 aliphatic heterocycles. The molecular weight excluding hydrogens is 304 g/mol. The molecule has 0 bridgehead atoms. The molecule has 0 N–H and O–H groups in total. The van der Waals surface area contributed by atoms with Crippen LogP contribution in [0.4, 0.5) is 0 Å². The van der Waals surface area contributed by atoms with Crippen LogP contribution in [0.15, 0.2) is 10.5 Å². The van der Waals surface area contributed by atoms with Crippen LogP contribution in [0.5, 0.6) is 0 Å². The van der Waals surface area contributed by atoms with Crippen LogP contribution in [0, 0.1) is 12.8 Å². The van der Waals surface area contributed by atoms with Gasteiger partial charge in [-0.2, -0.15) is 0 Å². The standard InChI is InChI=1S/C13H18BrClS/c1-9-7-11(14)13(16-9)12(15)8-10-5-3-2-4-6-10/h7,10,12H,2-6,8H2,1H3. The molecular formula is C13H18BrClS. The zero-order valence-electron chi connectivity index (χ0n) is 9.64. The Labute approximate surface area is 116 Å². The van der Waals surface area contributed by atoms with Crippen LogP contribution in [0.1, 0.15) is 53.7 Å². The van der Waals surface area contributed by atoms with E-state index >= 15 is 0 Å². The van der Waals surface area contributed by atoms with E-state index in [0.717, 1.165) is 12.3 Å². The molecule has 1 aromatic rings. The van der Waals surface area contributed by atoms with Gasteiger partial charge in [-0.1, -0.05) is 32.1 Å². The Morgan fingerprint density at radius 3 is 2.69 bits per heavy atom. The van der Waals surface area contributed by atoms with Gasteiger partial charge >= 0.3 is 0 Å². The van der Waals surface area contributed by atoms with Gasteiger partial charge in [0, 0.05) is 14.2 Å². The van der Waals surface area contributed by atoms with E-state index in [1.165, 1.54) is 46.3 Å². The summed E-state index contributed by atoms with van der Waals surface area (Å²) in [6.07, 6.45) is 8.14. The second-order valence-corrected chi connectivity index (χ2v) is 7.45. The van der Waals surface area contributed by atoms with Crippen molar-refractivity contribution in [1.29, 1.82) is 0 Å². The lowest BCUT2D eigenvalue weighted by molar-refractivity contribution is 0.336. The zero-order valence-corrected chi connectivity index (χ0v) is 12.8. The number of halogens is 2. The molecule has 0 spiro atoms.